The van der Waals surface area contributed by atoms with Crippen LogP contribution < -0.4 is 5.56 Å². The Morgan fingerprint density at radius 3 is 3.06 bits per heavy atom. The van der Waals surface area contributed by atoms with Gasteiger partial charge in [0.25, 0.3) is 5.56 Å². The zero-order valence-corrected chi connectivity index (χ0v) is 9.78. The van der Waals surface area contributed by atoms with Gasteiger partial charge in [-0.2, -0.15) is 9.61 Å². The molecule has 17 heavy (non-hydrogen) atoms. The summed E-state index contributed by atoms with van der Waals surface area (Å²) in [5.41, 5.74) is 1.81. The first kappa shape index (κ1) is 10.1. The molecule has 3 heterocycles. The van der Waals surface area contributed by atoms with Gasteiger partial charge in [-0.05, 0) is 18.4 Å². The molecule has 6 heteroatoms. The van der Waals surface area contributed by atoms with E-state index in [-0.39, 0.29) is 11.4 Å². The maximum absolute atomic E-state index is 11.4. The molecule has 0 aliphatic heterocycles. The van der Waals surface area contributed by atoms with E-state index in [1.807, 2.05) is 24.4 Å². The molecule has 0 saturated carbocycles. The monoisotopic (exact) mass is 247 g/mol. The molecule has 86 valence electrons. The lowest BCUT2D eigenvalue weighted by Crippen LogP contribution is -2.07. The van der Waals surface area contributed by atoms with Crippen molar-refractivity contribution in [3.05, 3.63) is 39.6 Å². The van der Waals surface area contributed by atoms with Crippen molar-refractivity contribution >= 4 is 17.0 Å². The first-order valence-electron chi connectivity index (χ1n) is 5.02. The highest BCUT2D eigenvalue weighted by Crippen LogP contribution is 2.31. The molecule has 3 rings (SSSR count). The van der Waals surface area contributed by atoms with Gasteiger partial charge < -0.3 is 10.1 Å². The Morgan fingerprint density at radius 2 is 2.35 bits per heavy atom. The molecule has 3 aromatic heterocycles. The number of hydrogen-bond donors (Lipinski definition) is 2. The lowest BCUT2D eigenvalue weighted by Gasteiger charge is -1.97. The van der Waals surface area contributed by atoms with Crippen LogP contribution in [0, 0.1) is 6.92 Å². The lowest BCUT2D eigenvalue weighted by molar-refractivity contribution is 0.434. The average Bonchev–Trinajstić information content (AvgIpc) is 2.84. The van der Waals surface area contributed by atoms with Crippen molar-refractivity contribution in [3.63, 3.8) is 0 Å². The molecule has 0 amide bonds. The van der Waals surface area contributed by atoms with Crippen molar-refractivity contribution in [2.45, 2.75) is 6.92 Å². The second-order valence-electron chi connectivity index (χ2n) is 3.69. The first-order chi connectivity index (χ1) is 8.16. The summed E-state index contributed by atoms with van der Waals surface area (Å²) >= 11 is 1.56. The fraction of sp³-hybridized carbons (Fsp3) is 0.0909. The van der Waals surface area contributed by atoms with Crippen molar-refractivity contribution in [2.24, 2.45) is 0 Å². The molecule has 5 nitrogen and oxygen atoms in total. The van der Waals surface area contributed by atoms with Crippen LogP contribution in [0.3, 0.4) is 0 Å². The predicted molar refractivity (Wildman–Crippen MR) is 65.5 cm³/mol. The fourth-order valence-electron chi connectivity index (χ4n) is 1.86. The van der Waals surface area contributed by atoms with Crippen LogP contribution in [-0.4, -0.2) is 19.7 Å². The molecule has 2 N–H and O–H groups in total. The summed E-state index contributed by atoms with van der Waals surface area (Å²) in [6.07, 6.45) is 0. The summed E-state index contributed by atoms with van der Waals surface area (Å²) in [4.78, 5) is 15.1. The SMILES string of the molecule is Cc1nn2c(O)cc(=O)[nH]c2c1-c1cccs1. The normalized spacial score (nSPS) is 11.1. The third kappa shape index (κ3) is 1.45. The number of aromatic amines is 1. The molecule has 0 radical (unpaired) electrons. The van der Waals surface area contributed by atoms with E-state index in [1.165, 1.54) is 4.52 Å². The number of nitrogens with zero attached hydrogens (tertiary/aromatic N) is 2. The molecule has 0 aliphatic rings. The quantitative estimate of drug-likeness (QED) is 0.688. The number of aromatic nitrogens is 3. The molecule has 0 aliphatic carbocycles. The molecule has 0 aromatic carbocycles. The number of rotatable bonds is 1. The summed E-state index contributed by atoms with van der Waals surface area (Å²) in [6.45, 7) is 1.85. The maximum atomic E-state index is 11.4. The molecule has 0 unspecified atom stereocenters. The van der Waals surface area contributed by atoms with E-state index in [4.69, 9.17) is 0 Å². The van der Waals surface area contributed by atoms with Crippen molar-refractivity contribution in [3.8, 4) is 16.3 Å². The summed E-state index contributed by atoms with van der Waals surface area (Å²) in [7, 11) is 0. The first-order valence-corrected chi connectivity index (χ1v) is 5.90. The van der Waals surface area contributed by atoms with Crippen molar-refractivity contribution in [1.82, 2.24) is 14.6 Å². The number of aromatic hydroxyl groups is 1. The van der Waals surface area contributed by atoms with Crippen LogP contribution in [0.2, 0.25) is 0 Å². The van der Waals surface area contributed by atoms with E-state index >= 15 is 0 Å². The highest BCUT2D eigenvalue weighted by molar-refractivity contribution is 7.13. The predicted octanol–water partition coefficient (Wildman–Crippen LogP) is 1.77. The van der Waals surface area contributed by atoms with Gasteiger partial charge in [0, 0.05) is 4.88 Å². The number of fused-ring (bicyclic) bond motifs is 1. The van der Waals surface area contributed by atoms with Crippen molar-refractivity contribution in [2.75, 3.05) is 0 Å². The Hall–Kier alpha value is -2.08. The van der Waals surface area contributed by atoms with Gasteiger partial charge in [-0.1, -0.05) is 6.07 Å². The Balaban J connectivity index is 2.46. The van der Waals surface area contributed by atoms with E-state index < -0.39 is 0 Å². The van der Waals surface area contributed by atoms with Crippen LogP contribution in [0.25, 0.3) is 16.1 Å². The lowest BCUT2D eigenvalue weighted by atomic mass is 10.2. The molecule has 0 saturated heterocycles. The smallest absolute Gasteiger partial charge is 0.254 e. The average molecular weight is 247 g/mol. The Morgan fingerprint density at radius 1 is 1.53 bits per heavy atom. The molecule has 0 fully saturated rings. The van der Waals surface area contributed by atoms with Crippen LogP contribution >= 0.6 is 11.3 Å². The minimum absolute atomic E-state index is 0.158. The highest BCUT2D eigenvalue weighted by atomic mass is 32.1. The van der Waals surface area contributed by atoms with Crippen LogP contribution in [0.1, 0.15) is 5.69 Å². The van der Waals surface area contributed by atoms with Crippen LogP contribution in [0.4, 0.5) is 0 Å². The molecule has 0 spiro atoms. The zero-order chi connectivity index (χ0) is 12.0. The Labute approximate surface area is 100.0 Å². The van der Waals surface area contributed by atoms with Gasteiger partial charge in [-0.25, -0.2) is 0 Å². The van der Waals surface area contributed by atoms with Gasteiger partial charge in [0.1, 0.15) is 5.65 Å². The zero-order valence-electron chi connectivity index (χ0n) is 8.97. The van der Waals surface area contributed by atoms with Crippen molar-refractivity contribution < 1.29 is 5.11 Å². The summed E-state index contributed by atoms with van der Waals surface area (Å²) in [5, 5.41) is 15.8. The second-order valence-corrected chi connectivity index (χ2v) is 4.64. The maximum Gasteiger partial charge on any atom is 0.254 e. The standard InChI is InChI=1S/C11H9N3O2S/c1-6-10(7-3-2-4-17-7)11-12-8(15)5-9(16)14(11)13-6/h2-5,16H,1H3,(H,12,15). The molecular formula is C11H9N3O2S. The van der Waals surface area contributed by atoms with E-state index in [0.29, 0.717) is 5.65 Å². The topological polar surface area (TPSA) is 70.4 Å². The number of thiophene rings is 1. The minimum atomic E-state index is -0.340. The van der Waals surface area contributed by atoms with E-state index in [9.17, 15) is 9.90 Å². The van der Waals surface area contributed by atoms with E-state index in [0.717, 1.165) is 22.2 Å². The molecule has 3 aromatic rings. The third-order valence-corrected chi connectivity index (χ3v) is 3.43. The van der Waals surface area contributed by atoms with Crippen molar-refractivity contribution in [1.29, 1.82) is 0 Å². The van der Waals surface area contributed by atoms with Gasteiger partial charge >= 0.3 is 0 Å². The summed E-state index contributed by atoms with van der Waals surface area (Å²) in [6, 6.07) is 5.00. The number of H-pyrrole nitrogens is 1. The van der Waals surface area contributed by atoms with E-state index in [1.54, 1.807) is 11.3 Å². The number of aryl methyl sites for hydroxylation is 1. The van der Waals surface area contributed by atoms with Gasteiger partial charge in [0.15, 0.2) is 0 Å². The molecule has 0 bridgehead atoms. The van der Waals surface area contributed by atoms with Crippen LogP contribution in [0.5, 0.6) is 5.88 Å². The number of nitrogens with one attached hydrogen (secondary N) is 1. The molecular weight excluding hydrogens is 238 g/mol. The van der Waals surface area contributed by atoms with Gasteiger partial charge in [0.05, 0.1) is 17.3 Å². The summed E-state index contributed by atoms with van der Waals surface area (Å²) in [5.74, 6) is -0.158. The third-order valence-electron chi connectivity index (χ3n) is 2.55. The largest absolute Gasteiger partial charge is 0.493 e. The molecule has 0 atom stereocenters. The van der Waals surface area contributed by atoms with Gasteiger partial charge in [0.2, 0.25) is 5.88 Å². The Bertz CT molecular complexity index is 740. The highest BCUT2D eigenvalue weighted by Gasteiger charge is 2.15. The van der Waals surface area contributed by atoms with Crippen LogP contribution in [-0.2, 0) is 0 Å². The minimum Gasteiger partial charge on any atom is -0.493 e. The van der Waals surface area contributed by atoms with Crippen LogP contribution in [0.15, 0.2) is 28.4 Å². The Kier molecular flexibility index (Phi) is 2.05. The fourth-order valence-corrected chi connectivity index (χ4v) is 2.68. The number of hydrogen-bond acceptors (Lipinski definition) is 4. The van der Waals surface area contributed by atoms with E-state index in [2.05, 4.69) is 10.1 Å². The summed E-state index contributed by atoms with van der Waals surface area (Å²) < 4.78 is 1.34. The van der Waals surface area contributed by atoms with Gasteiger partial charge in [-0.3, -0.25) is 4.79 Å². The van der Waals surface area contributed by atoms with Gasteiger partial charge in [-0.15, -0.1) is 11.3 Å². The second kappa shape index (κ2) is 3.46.